The first-order chi connectivity index (χ1) is 11.9. The molecule has 5 nitrogen and oxygen atoms in total. The van der Waals surface area contributed by atoms with E-state index in [1.165, 1.54) is 16.9 Å². The predicted molar refractivity (Wildman–Crippen MR) is 100 cm³/mol. The minimum Gasteiger partial charge on any atom is -0.332 e. The van der Waals surface area contributed by atoms with Gasteiger partial charge in [0.25, 0.3) is 5.56 Å². The molecule has 1 amide bonds. The van der Waals surface area contributed by atoms with Crippen LogP contribution in [-0.2, 0) is 17.6 Å². The van der Waals surface area contributed by atoms with E-state index in [4.69, 9.17) is 4.98 Å². The van der Waals surface area contributed by atoms with Crippen LogP contribution in [0.2, 0.25) is 0 Å². The highest BCUT2D eigenvalue weighted by molar-refractivity contribution is 7.18. The summed E-state index contributed by atoms with van der Waals surface area (Å²) in [7, 11) is 0. The van der Waals surface area contributed by atoms with E-state index in [-0.39, 0.29) is 17.5 Å². The Labute approximate surface area is 151 Å². The van der Waals surface area contributed by atoms with Crippen LogP contribution < -0.4 is 5.56 Å². The molecular weight excluding hydrogens is 334 g/mol. The van der Waals surface area contributed by atoms with Gasteiger partial charge in [0.15, 0.2) is 0 Å². The lowest BCUT2D eigenvalue weighted by Gasteiger charge is -2.30. The number of hydrogen-bond donors (Lipinski definition) is 1. The summed E-state index contributed by atoms with van der Waals surface area (Å²) in [6.07, 6.45) is 6.20. The first-order valence-corrected chi connectivity index (χ1v) is 10.0. The molecule has 0 radical (unpaired) electrons. The molecule has 4 rings (SSSR count). The number of nitrogens with zero attached hydrogens (tertiary/aromatic N) is 2. The zero-order valence-corrected chi connectivity index (χ0v) is 16.0. The summed E-state index contributed by atoms with van der Waals surface area (Å²) in [5, 5.41) is 0.787. The van der Waals surface area contributed by atoms with Crippen molar-refractivity contribution in [2.75, 3.05) is 6.54 Å². The number of thiophene rings is 1. The van der Waals surface area contributed by atoms with Gasteiger partial charge in [-0.25, -0.2) is 4.98 Å². The van der Waals surface area contributed by atoms with Crippen LogP contribution in [0.3, 0.4) is 0 Å². The van der Waals surface area contributed by atoms with Gasteiger partial charge in [-0.05, 0) is 44.1 Å². The quantitative estimate of drug-likeness (QED) is 0.846. The molecule has 0 spiro atoms. The maximum Gasteiger partial charge on any atom is 0.259 e. The summed E-state index contributed by atoms with van der Waals surface area (Å²) in [4.78, 5) is 37.4. The molecule has 1 N–H and O–H groups in total. The fourth-order valence-electron chi connectivity index (χ4n) is 4.06. The van der Waals surface area contributed by atoms with E-state index in [2.05, 4.69) is 4.98 Å². The van der Waals surface area contributed by atoms with Gasteiger partial charge in [0.05, 0.1) is 11.4 Å². The molecule has 0 aromatic carbocycles. The Hall–Kier alpha value is -1.69. The van der Waals surface area contributed by atoms with Gasteiger partial charge in [-0.15, -0.1) is 11.3 Å². The largest absolute Gasteiger partial charge is 0.332 e. The number of likely N-dealkylation sites (tertiary alicyclic amines) is 1. The fourth-order valence-corrected chi connectivity index (χ4v) is 5.33. The summed E-state index contributed by atoms with van der Waals surface area (Å²) < 4.78 is 0. The van der Waals surface area contributed by atoms with E-state index in [1.807, 2.05) is 25.7 Å². The molecule has 2 aromatic heterocycles. The number of H-pyrrole nitrogens is 1. The van der Waals surface area contributed by atoms with Crippen LogP contribution in [0, 0.1) is 5.41 Å². The van der Waals surface area contributed by atoms with Crippen molar-refractivity contribution in [3.8, 4) is 0 Å². The second-order valence-corrected chi connectivity index (χ2v) is 9.33. The Balaban J connectivity index is 1.77. The van der Waals surface area contributed by atoms with Gasteiger partial charge in [-0.3, -0.25) is 9.59 Å². The molecule has 1 aliphatic carbocycles. The van der Waals surface area contributed by atoms with Crippen molar-refractivity contribution < 1.29 is 4.79 Å². The van der Waals surface area contributed by atoms with Crippen LogP contribution in [0.5, 0.6) is 0 Å². The Kier molecular flexibility index (Phi) is 3.98. The summed E-state index contributed by atoms with van der Waals surface area (Å²) in [5.74, 6) is 0.786. The van der Waals surface area contributed by atoms with Gasteiger partial charge in [0.2, 0.25) is 5.91 Å². The third-order valence-electron chi connectivity index (χ3n) is 5.31. The molecule has 1 atom stereocenters. The summed E-state index contributed by atoms with van der Waals surface area (Å²) in [6.45, 7) is 6.57. The van der Waals surface area contributed by atoms with Crippen LogP contribution >= 0.6 is 11.3 Å². The number of amides is 1. The lowest BCUT2D eigenvalue weighted by atomic mass is 9.94. The molecule has 6 heteroatoms. The Morgan fingerprint density at radius 2 is 2.00 bits per heavy atom. The molecule has 2 aromatic rings. The second kappa shape index (κ2) is 5.94. The fraction of sp³-hybridized carbons (Fsp3) is 0.632. The summed E-state index contributed by atoms with van der Waals surface area (Å²) >= 11 is 1.67. The van der Waals surface area contributed by atoms with E-state index < -0.39 is 5.41 Å². The van der Waals surface area contributed by atoms with Gasteiger partial charge in [0, 0.05) is 16.8 Å². The SMILES string of the molecule is CC(C)(C)C(=O)N1CCCC1c1nc2sc3c(c2c(=O)[nH]1)CCCC3. The number of carbonyl (C=O) groups excluding carboxylic acids is 1. The summed E-state index contributed by atoms with van der Waals surface area (Å²) in [6, 6.07) is -0.108. The number of nitrogens with one attached hydrogen (secondary N) is 1. The molecule has 1 fully saturated rings. The zero-order chi connectivity index (χ0) is 17.8. The second-order valence-electron chi connectivity index (χ2n) is 8.25. The van der Waals surface area contributed by atoms with Gasteiger partial charge in [0.1, 0.15) is 10.7 Å². The van der Waals surface area contributed by atoms with Crippen molar-refractivity contribution in [2.45, 2.75) is 65.3 Å². The molecule has 3 heterocycles. The third-order valence-corrected chi connectivity index (χ3v) is 6.50. The molecule has 2 aliphatic rings. The number of aryl methyl sites for hydroxylation is 2. The standard InChI is InChI=1S/C19H25N3O2S/c1-19(2,3)18(24)22-10-6-8-12(22)15-20-16(23)14-11-7-4-5-9-13(11)25-17(14)21-15/h12H,4-10H2,1-3H3,(H,20,21,23). The van der Waals surface area contributed by atoms with Crippen LogP contribution in [0.25, 0.3) is 10.2 Å². The number of aromatic amines is 1. The van der Waals surface area contributed by atoms with Crippen molar-refractivity contribution in [3.05, 3.63) is 26.6 Å². The topological polar surface area (TPSA) is 66.1 Å². The minimum absolute atomic E-state index is 0.0329. The van der Waals surface area contributed by atoms with Crippen molar-refractivity contribution in [1.29, 1.82) is 0 Å². The van der Waals surface area contributed by atoms with E-state index in [0.29, 0.717) is 5.82 Å². The van der Waals surface area contributed by atoms with E-state index in [9.17, 15) is 9.59 Å². The average Bonchev–Trinajstić information content (AvgIpc) is 3.17. The van der Waals surface area contributed by atoms with Gasteiger partial charge in [-0.2, -0.15) is 0 Å². The normalized spacial score (nSPS) is 20.9. The highest BCUT2D eigenvalue weighted by atomic mass is 32.1. The van der Waals surface area contributed by atoms with Crippen LogP contribution in [-0.4, -0.2) is 27.3 Å². The number of fused-ring (bicyclic) bond motifs is 3. The van der Waals surface area contributed by atoms with Crippen LogP contribution in [0.1, 0.15) is 68.8 Å². The summed E-state index contributed by atoms with van der Waals surface area (Å²) in [5.41, 5.74) is 0.754. The molecule has 1 unspecified atom stereocenters. The van der Waals surface area contributed by atoms with Crippen molar-refractivity contribution in [2.24, 2.45) is 5.41 Å². The molecule has 25 heavy (non-hydrogen) atoms. The first kappa shape index (κ1) is 16.8. The van der Waals surface area contributed by atoms with Crippen molar-refractivity contribution >= 4 is 27.5 Å². The van der Waals surface area contributed by atoms with E-state index in [0.717, 1.165) is 48.9 Å². The van der Waals surface area contributed by atoms with Gasteiger partial charge < -0.3 is 9.88 Å². The van der Waals surface area contributed by atoms with E-state index in [1.54, 1.807) is 11.3 Å². The van der Waals surface area contributed by atoms with Crippen molar-refractivity contribution in [1.82, 2.24) is 14.9 Å². The maximum atomic E-state index is 12.8. The highest BCUT2D eigenvalue weighted by Gasteiger charge is 2.37. The Morgan fingerprint density at radius 1 is 1.24 bits per heavy atom. The minimum atomic E-state index is -0.422. The molecule has 0 saturated carbocycles. The zero-order valence-electron chi connectivity index (χ0n) is 15.1. The van der Waals surface area contributed by atoms with Crippen molar-refractivity contribution in [3.63, 3.8) is 0 Å². The molecule has 1 aliphatic heterocycles. The monoisotopic (exact) mass is 359 g/mol. The predicted octanol–water partition coefficient (Wildman–Crippen LogP) is 3.57. The van der Waals surface area contributed by atoms with Crippen LogP contribution in [0.15, 0.2) is 4.79 Å². The highest BCUT2D eigenvalue weighted by Crippen LogP contribution is 2.37. The maximum absolute atomic E-state index is 12.8. The lowest BCUT2D eigenvalue weighted by molar-refractivity contribution is -0.140. The van der Waals surface area contributed by atoms with Gasteiger partial charge >= 0.3 is 0 Å². The first-order valence-electron chi connectivity index (χ1n) is 9.22. The number of rotatable bonds is 1. The Morgan fingerprint density at radius 3 is 2.76 bits per heavy atom. The van der Waals surface area contributed by atoms with E-state index >= 15 is 0 Å². The lowest BCUT2D eigenvalue weighted by Crippen LogP contribution is -2.39. The molecule has 134 valence electrons. The molecule has 0 bridgehead atoms. The van der Waals surface area contributed by atoms with Gasteiger partial charge in [-0.1, -0.05) is 20.8 Å². The number of hydrogen-bond acceptors (Lipinski definition) is 4. The molecule has 1 saturated heterocycles. The smallest absolute Gasteiger partial charge is 0.259 e. The Bertz CT molecular complexity index is 890. The number of aromatic nitrogens is 2. The average molecular weight is 359 g/mol. The van der Waals surface area contributed by atoms with Crippen LogP contribution in [0.4, 0.5) is 0 Å². The third kappa shape index (κ3) is 2.80. The number of carbonyl (C=O) groups is 1. The molecular formula is C19H25N3O2S.